The molecule has 0 amide bonds. The zero-order valence-electron chi connectivity index (χ0n) is 9.68. The van der Waals surface area contributed by atoms with Gasteiger partial charge < -0.3 is 5.73 Å². The van der Waals surface area contributed by atoms with Crippen molar-refractivity contribution >= 4 is 39.0 Å². The van der Waals surface area contributed by atoms with E-state index in [0.717, 1.165) is 12.1 Å². The third kappa shape index (κ3) is 2.66. The summed E-state index contributed by atoms with van der Waals surface area (Å²) < 4.78 is 40.2. The highest BCUT2D eigenvalue weighted by Crippen LogP contribution is 2.28. The van der Waals surface area contributed by atoms with Gasteiger partial charge in [-0.1, -0.05) is 11.6 Å². The van der Waals surface area contributed by atoms with E-state index in [4.69, 9.17) is 17.3 Å². The predicted molar refractivity (Wildman–Crippen MR) is 73.3 cm³/mol. The largest absolute Gasteiger partial charge is 0.398 e. The topological polar surface area (TPSA) is 43.1 Å². The van der Waals surface area contributed by atoms with Crippen LogP contribution in [0.15, 0.2) is 28.7 Å². The smallest absolute Gasteiger partial charge is 0.198 e. The molecular formula is C13H6BrClF3NO. The summed E-state index contributed by atoms with van der Waals surface area (Å²) in [4.78, 5) is 12.1. The Balaban J connectivity index is 2.57. The summed E-state index contributed by atoms with van der Waals surface area (Å²) in [7, 11) is 0. The highest BCUT2D eigenvalue weighted by atomic mass is 79.9. The first-order valence-electron chi connectivity index (χ1n) is 5.25. The van der Waals surface area contributed by atoms with Crippen LogP contribution in [0.4, 0.5) is 18.9 Å². The van der Waals surface area contributed by atoms with Crippen LogP contribution in [0.3, 0.4) is 0 Å². The minimum Gasteiger partial charge on any atom is -0.398 e. The molecule has 0 spiro atoms. The molecule has 0 bridgehead atoms. The molecule has 7 heteroatoms. The normalized spacial score (nSPS) is 10.7. The van der Waals surface area contributed by atoms with Crippen molar-refractivity contribution in [3.63, 3.8) is 0 Å². The molecule has 0 atom stereocenters. The number of rotatable bonds is 2. The van der Waals surface area contributed by atoms with Crippen molar-refractivity contribution in [1.29, 1.82) is 0 Å². The summed E-state index contributed by atoms with van der Waals surface area (Å²) in [5.74, 6) is -4.16. The van der Waals surface area contributed by atoms with E-state index in [-0.39, 0.29) is 26.3 Å². The number of halogens is 5. The summed E-state index contributed by atoms with van der Waals surface area (Å²) in [6.45, 7) is 0. The number of carbonyl (C=O) groups excluding carboxylic acids is 1. The summed E-state index contributed by atoms with van der Waals surface area (Å²) in [6, 6.07) is 3.39. The number of nitrogens with two attached hydrogens (primary N) is 1. The molecule has 0 heterocycles. The molecule has 2 aromatic rings. The lowest BCUT2D eigenvalue weighted by molar-refractivity contribution is 0.103. The third-order valence-electron chi connectivity index (χ3n) is 2.59. The standard InChI is InChI=1S/C13H6BrClF3NO/c14-7-3-9(16)5(1-8(7)15)13(20)6-2-10(17)11(18)4-12(6)19/h1-4H,19H2. The number of benzene rings is 2. The van der Waals surface area contributed by atoms with Crippen molar-refractivity contribution < 1.29 is 18.0 Å². The van der Waals surface area contributed by atoms with Gasteiger partial charge in [0.15, 0.2) is 17.4 Å². The van der Waals surface area contributed by atoms with Gasteiger partial charge in [-0.2, -0.15) is 0 Å². The van der Waals surface area contributed by atoms with Gasteiger partial charge in [0.1, 0.15) is 5.82 Å². The van der Waals surface area contributed by atoms with Crippen LogP contribution in [0.25, 0.3) is 0 Å². The lowest BCUT2D eigenvalue weighted by Gasteiger charge is -2.08. The van der Waals surface area contributed by atoms with Gasteiger partial charge in [0.25, 0.3) is 0 Å². The first kappa shape index (κ1) is 14.9. The van der Waals surface area contributed by atoms with Gasteiger partial charge in [-0.05, 0) is 34.1 Å². The molecule has 2 N–H and O–H groups in total. The maximum Gasteiger partial charge on any atom is 0.198 e. The highest BCUT2D eigenvalue weighted by molar-refractivity contribution is 9.10. The lowest BCUT2D eigenvalue weighted by atomic mass is 10.0. The van der Waals surface area contributed by atoms with Gasteiger partial charge in [0, 0.05) is 21.8 Å². The van der Waals surface area contributed by atoms with Crippen LogP contribution in [-0.2, 0) is 0 Å². The molecule has 0 aliphatic heterocycles. The first-order valence-corrected chi connectivity index (χ1v) is 6.42. The van der Waals surface area contributed by atoms with Crippen molar-refractivity contribution in [3.05, 3.63) is 62.3 Å². The summed E-state index contributed by atoms with van der Waals surface area (Å²) in [6.07, 6.45) is 0. The van der Waals surface area contributed by atoms with Crippen LogP contribution in [0.5, 0.6) is 0 Å². The molecule has 2 rings (SSSR count). The fourth-order valence-corrected chi connectivity index (χ4v) is 2.08. The SMILES string of the molecule is Nc1cc(F)c(F)cc1C(=O)c1cc(Cl)c(Br)cc1F. The Morgan fingerprint density at radius 3 is 2.25 bits per heavy atom. The zero-order chi connectivity index (χ0) is 15.0. The maximum absolute atomic E-state index is 13.8. The third-order valence-corrected chi connectivity index (χ3v) is 3.79. The van der Waals surface area contributed by atoms with Crippen molar-refractivity contribution in [1.82, 2.24) is 0 Å². The van der Waals surface area contributed by atoms with E-state index in [1.807, 2.05) is 0 Å². The number of carbonyl (C=O) groups is 1. The van der Waals surface area contributed by atoms with E-state index >= 15 is 0 Å². The van der Waals surface area contributed by atoms with Crippen LogP contribution in [0, 0.1) is 17.5 Å². The average molecular weight is 365 g/mol. The Hall–Kier alpha value is -1.53. The monoisotopic (exact) mass is 363 g/mol. The van der Waals surface area contributed by atoms with Crippen LogP contribution >= 0.6 is 27.5 Å². The van der Waals surface area contributed by atoms with E-state index in [0.29, 0.717) is 12.1 Å². The molecule has 20 heavy (non-hydrogen) atoms. The van der Waals surface area contributed by atoms with E-state index < -0.39 is 23.2 Å². The molecule has 0 radical (unpaired) electrons. The summed E-state index contributed by atoms with van der Waals surface area (Å²) in [5, 5.41) is 0.107. The highest BCUT2D eigenvalue weighted by Gasteiger charge is 2.20. The van der Waals surface area contributed by atoms with Crippen molar-refractivity contribution in [3.8, 4) is 0 Å². The molecule has 0 aliphatic rings. The molecular weight excluding hydrogens is 358 g/mol. The first-order chi connectivity index (χ1) is 9.31. The molecule has 0 aliphatic carbocycles. The van der Waals surface area contributed by atoms with Crippen LogP contribution in [0.2, 0.25) is 5.02 Å². The minimum absolute atomic E-state index is 0.107. The van der Waals surface area contributed by atoms with E-state index in [9.17, 15) is 18.0 Å². The second-order valence-electron chi connectivity index (χ2n) is 3.93. The Morgan fingerprint density at radius 2 is 1.60 bits per heavy atom. The van der Waals surface area contributed by atoms with E-state index in [1.165, 1.54) is 0 Å². The molecule has 2 aromatic carbocycles. The molecule has 0 aromatic heterocycles. The molecule has 2 nitrogen and oxygen atoms in total. The molecule has 0 fully saturated rings. The predicted octanol–water partition coefficient (Wildman–Crippen LogP) is 4.33. The molecule has 0 saturated heterocycles. The maximum atomic E-state index is 13.8. The average Bonchev–Trinajstić information content (AvgIpc) is 2.37. The summed E-state index contributed by atoms with van der Waals surface area (Å²) in [5.41, 5.74) is 4.46. The van der Waals surface area contributed by atoms with E-state index in [2.05, 4.69) is 15.9 Å². The summed E-state index contributed by atoms with van der Waals surface area (Å²) >= 11 is 8.79. The number of hydrogen-bond acceptors (Lipinski definition) is 2. The second-order valence-corrected chi connectivity index (χ2v) is 5.19. The van der Waals surface area contributed by atoms with Gasteiger partial charge in [0.2, 0.25) is 0 Å². The molecule has 0 unspecified atom stereocenters. The van der Waals surface area contributed by atoms with Crippen LogP contribution in [0.1, 0.15) is 15.9 Å². The Labute approximate surface area is 125 Å². The van der Waals surface area contributed by atoms with E-state index in [1.54, 1.807) is 0 Å². The molecule has 0 saturated carbocycles. The quantitative estimate of drug-likeness (QED) is 0.489. The number of ketones is 1. The van der Waals surface area contributed by atoms with Crippen LogP contribution < -0.4 is 5.73 Å². The van der Waals surface area contributed by atoms with Gasteiger partial charge >= 0.3 is 0 Å². The molecule has 104 valence electrons. The number of hydrogen-bond donors (Lipinski definition) is 1. The van der Waals surface area contributed by atoms with Crippen molar-refractivity contribution in [2.45, 2.75) is 0 Å². The number of nitrogen functional groups attached to an aromatic ring is 1. The van der Waals surface area contributed by atoms with Crippen molar-refractivity contribution in [2.24, 2.45) is 0 Å². The second kappa shape index (κ2) is 5.46. The van der Waals surface area contributed by atoms with Gasteiger partial charge in [-0.3, -0.25) is 4.79 Å². The van der Waals surface area contributed by atoms with Gasteiger partial charge in [-0.15, -0.1) is 0 Å². The van der Waals surface area contributed by atoms with Gasteiger partial charge in [-0.25, -0.2) is 13.2 Å². The lowest BCUT2D eigenvalue weighted by Crippen LogP contribution is -2.09. The van der Waals surface area contributed by atoms with Gasteiger partial charge in [0.05, 0.1) is 10.6 Å². The minimum atomic E-state index is -1.24. The fourth-order valence-electron chi connectivity index (χ4n) is 1.60. The van der Waals surface area contributed by atoms with Crippen molar-refractivity contribution in [2.75, 3.05) is 5.73 Å². The number of anilines is 1. The zero-order valence-corrected chi connectivity index (χ0v) is 12.0. The fraction of sp³-hybridized carbons (Fsp3) is 0. The Kier molecular flexibility index (Phi) is 4.06. The van der Waals surface area contributed by atoms with Crippen LogP contribution in [-0.4, -0.2) is 5.78 Å². The Bertz CT molecular complexity index is 662. The Morgan fingerprint density at radius 1 is 1.00 bits per heavy atom.